The van der Waals surface area contributed by atoms with Gasteiger partial charge in [0.05, 0.1) is 18.1 Å². The van der Waals surface area contributed by atoms with Crippen LogP contribution in [0.5, 0.6) is 5.75 Å². The molecule has 0 bridgehead atoms. The van der Waals surface area contributed by atoms with Gasteiger partial charge in [-0.05, 0) is 37.5 Å². The molecule has 1 aromatic carbocycles. The van der Waals surface area contributed by atoms with E-state index in [-0.39, 0.29) is 12.3 Å². The van der Waals surface area contributed by atoms with Crippen molar-refractivity contribution in [3.05, 3.63) is 28.8 Å². The Balaban J connectivity index is 2.06. The first-order chi connectivity index (χ1) is 10.0. The van der Waals surface area contributed by atoms with Crippen LogP contribution in [0.4, 0.5) is 0 Å². The summed E-state index contributed by atoms with van der Waals surface area (Å²) in [5.41, 5.74) is 0.754. The highest BCUT2D eigenvalue weighted by Gasteiger charge is 2.33. The van der Waals surface area contributed by atoms with E-state index in [0.29, 0.717) is 30.3 Å². The highest BCUT2D eigenvalue weighted by molar-refractivity contribution is 6.32. The van der Waals surface area contributed by atoms with Crippen molar-refractivity contribution in [2.24, 2.45) is 0 Å². The summed E-state index contributed by atoms with van der Waals surface area (Å²) in [7, 11) is 0. The SMILES string of the molecule is CCOc1ccc(CC(=O)N2CCCC2C(=O)O)cc1Cl. The summed E-state index contributed by atoms with van der Waals surface area (Å²) in [6.07, 6.45) is 1.40. The van der Waals surface area contributed by atoms with Crippen LogP contribution in [0.3, 0.4) is 0 Å². The largest absolute Gasteiger partial charge is 0.492 e. The van der Waals surface area contributed by atoms with E-state index in [2.05, 4.69) is 0 Å². The predicted molar refractivity (Wildman–Crippen MR) is 78.7 cm³/mol. The third-order valence-electron chi connectivity index (χ3n) is 3.51. The molecule has 1 aromatic rings. The van der Waals surface area contributed by atoms with Crippen molar-refractivity contribution >= 4 is 23.5 Å². The number of benzene rings is 1. The van der Waals surface area contributed by atoms with Crippen LogP contribution in [0.15, 0.2) is 18.2 Å². The van der Waals surface area contributed by atoms with Crippen molar-refractivity contribution in [3.8, 4) is 5.75 Å². The molecule has 6 heteroatoms. The van der Waals surface area contributed by atoms with E-state index < -0.39 is 12.0 Å². The van der Waals surface area contributed by atoms with E-state index in [9.17, 15) is 9.59 Å². The van der Waals surface area contributed by atoms with Crippen LogP contribution in [0.2, 0.25) is 5.02 Å². The van der Waals surface area contributed by atoms with Gasteiger partial charge in [-0.1, -0.05) is 17.7 Å². The number of carbonyl (C=O) groups excluding carboxylic acids is 1. The number of hydrogen-bond acceptors (Lipinski definition) is 3. The fourth-order valence-electron chi connectivity index (χ4n) is 2.52. The highest BCUT2D eigenvalue weighted by Crippen LogP contribution is 2.26. The summed E-state index contributed by atoms with van der Waals surface area (Å²) in [6.45, 7) is 2.89. The molecule has 114 valence electrons. The molecule has 0 aromatic heterocycles. The summed E-state index contributed by atoms with van der Waals surface area (Å²) in [5.74, 6) is -0.536. The first-order valence-corrected chi connectivity index (χ1v) is 7.34. The number of halogens is 1. The standard InChI is InChI=1S/C15H18ClNO4/c1-2-21-13-6-5-10(8-11(13)16)9-14(18)17-7-3-4-12(17)15(19)20/h5-6,8,12H,2-4,7,9H2,1H3,(H,19,20). The van der Waals surface area contributed by atoms with E-state index in [1.54, 1.807) is 18.2 Å². The first-order valence-electron chi connectivity index (χ1n) is 6.96. The lowest BCUT2D eigenvalue weighted by Gasteiger charge is -2.21. The summed E-state index contributed by atoms with van der Waals surface area (Å²) >= 11 is 6.09. The van der Waals surface area contributed by atoms with E-state index in [1.807, 2.05) is 6.92 Å². The van der Waals surface area contributed by atoms with Crippen molar-refractivity contribution in [1.29, 1.82) is 0 Å². The second-order valence-electron chi connectivity index (χ2n) is 4.96. The molecule has 21 heavy (non-hydrogen) atoms. The summed E-state index contributed by atoms with van der Waals surface area (Å²) in [4.78, 5) is 24.8. The summed E-state index contributed by atoms with van der Waals surface area (Å²) in [5, 5.41) is 9.56. The molecule has 5 nitrogen and oxygen atoms in total. The van der Waals surface area contributed by atoms with Crippen molar-refractivity contribution in [1.82, 2.24) is 4.90 Å². The molecule has 0 radical (unpaired) electrons. The minimum absolute atomic E-state index is 0.149. The lowest BCUT2D eigenvalue weighted by atomic mass is 10.1. The van der Waals surface area contributed by atoms with Crippen LogP contribution in [-0.4, -0.2) is 41.1 Å². The summed E-state index contributed by atoms with van der Waals surface area (Å²) < 4.78 is 5.34. The third kappa shape index (κ3) is 3.67. The first kappa shape index (κ1) is 15.6. The Morgan fingerprint density at radius 1 is 1.48 bits per heavy atom. The van der Waals surface area contributed by atoms with Gasteiger partial charge in [0.2, 0.25) is 5.91 Å². The number of carboxylic acids is 1. The topological polar surface area (TPSA) is 66.8 Å². The molecule has 1 unspecified atom stereocenters. The van der Waals surface area contributed by atoms with Crippen LogP contribution in [0, 0.1) is 0 Å². The molecule has 1 N–H and O–H groups in total. The Hall–Kier alpha value is -1.75. The predicted octanol–water partition coefficient (Wildman–Crippen LogP) is 2.36. The van der Waals surface area contributed by atoms with Gasteiger partial charge in [-0.2, -0.15) is 0 Å². The quantitative estimate of drug-likeness (QED) is 0.906. The zero-order chi connectivity index (χ0) is 15.4. The average molecular weight is 312 g/mol. The number of aliphatic carboxylic acids is 1. The lowest BCUT2D eigenvalue weighted by Crippen LogP contribution is -2.41. The molecular weight excluding hydrogens is 294 g/mol. The average Bonchev–Trinajstić information content (AvgIpc) is 2.91. The van der Waals surface area contributed by atoms with E-state index in [4.69, 9.17) is 21.4 Å². The zero-order valence-electron chi connectivity index (χ0n) is 11.8. The van der Waals surface area contributed by atoms with Crippen LogP contribution in [0.1, 0.15) is 25.3 Å². The Kier molecular flexibility index (Phi) is 5.07. The number of likely N-dealkylation sites (tertiary alicyclic amines) is 1. The van der Waals surface area contributed by atoms with Crippen LogP contribution in [0.25, 0.3) is 0 Å². The van der Waals surface area contributed by atoms with Crippen LogP contribution in [-0.2, 0) is 16.0 Å². The van der Waals surface area contributed by atoms with E-state index in [1.165, 1.54) is 4.90 Å². The molecule has 1 saturated heterocycles. The molecule has 0 saturated carbocycles. The van der Waals surface area contributed by atoms with E-state index in [0.717, 1.165) is 12.0 Å². The van der Waals surface area contributed by atoms with Gasteiger partial charge in [-0.15, -0.1) is 0 Å². The van der Waals surface area contributed by atoms with Crippen molar-refractivity contribution in [3.63, 3.8) is 0 Å². The fourth-order valence-corrected chi connectivity index (χ4v) is 2.78. The molecule has 1 fully saturated rings. The van der Waals surface area contributed by atoms with Gasteiger partial charge in [0.1, 0.15) is 11.8 Å². The molecular formula is C15H18ClNO4. The molecule has 1 amide bonds. The normalized spacial score (nSPS) is 17.8. The monoisotopic (exact) mass is 311 g/mol. The maximum atomic E-state index is 12.2. The maximum Gasteiger partial charge on any atom is 0.326 e. The Labute approximate surface area is 128 Å². The van der Waals surface area contributed by atoms with Gasteiger partial charge in [0, 0.05) is 6.54 Å². The minimum Gasteiger partial charge on any atom is -0.492 e. The molecule has 2 rings (SSSR count). The van der Waals surface area contributed by atoms with Crippen molar-refractivity contribution in [2.75, 3.05) is 13.2 Å². The number of ether oxygens (including phenoxy) is 1. The Morgan fingerprint density at radius 2 is 2.24 bits per heavy atom. The fraction of sp³-hybridized carbons (Fsp3) is 0.467. The maximum absolute atomic E-state index is 12.2. The number of rotatable bonds is 5. The van der Waals surface area contributed by atoms with Gasteiger partial charge in [-0.3, -0.25) is 4.79 Å². The molecule has 1 atom stereocenters. The smallest absolute Gasteiger partial charge is 0.326 e. The molecule has 1 aliphatic heterocycles. The Bertz CT molecular complexity index is 546. The number of nitrogens with zero attached hydrogens (tertiary/aromatic N) is 1. The molecule has 1 heterocycles. The number of amides is 1. The molecule has 1 aliphatic rings. The zero-order valence-corrected chi connectivity index (χ0v) is 12.6. The molecule has 0 aliphatic carbocycles. The van der Waals surface area contributed by atoms with Gasteiger partial charge in [0.15, 0.2) is 0 Å². The third-order valence-corrected chi connectivity index (χ3v) is 3.81. The molecule has 0 spiro atoms. The second kappa shape index (κ2) is 6.80. The van der Waals surface area contributed by atoms with Crippen LogP contribution >= 0.6 is 11.6 Å². The second-order valence-corrected chi connectivity index (χ2v) is 5.37. The van der Waals surface area contributed by atoms with Gasteiger partial charge >= 0.3 is 5.97 Å². The highest BCUT2D eigenvalue weighted by atomic mass is 35.5. The van der Waals surface area contributed by atoms with Crippen molar-refractivity contribution in [2.45, 2.75) is 32.2 Å². The number of carboxylic acid groups (broad SMARTS) is 1. The van der Waals surface area contributed by atoms with E-state index >= 15 is 0 Å². The minimum atomic E-state index is -0.939. The van der Waals surface area contributed by atoms with Gasteiger partial charge in [-0.25, -0.2) is 4.79 Å². The van der Waals surface area contributed by atoms with Gasteiger partial charge in [0.25, 0.3) is 0 Å². The Morgan fingerprint density at radius 3 is 2.86 bits per heavy atom. The van der Waals surface area contributed by atoms with Gasteiger partial charge < -0.3 is 14.7 Å². The number of carbonyl (C=O) groups is 2. The summed E-state index contributed by atoms with van der Waals surface area (Å²) in [6, 6.07) is 4.50. The number of hydrogen-bond donors (Lipinski definition) is 1. The lowest BCUT2D eigenvalue weighted by molar-refractivity contribution is -0.148. The van der Waals surface area contributed by atoms with Crippen LogP contribution < -0.4 is 4.74 Å². The van der Waals surface area contributed by atoms with Crippen molar-refractivity contribution < 1.29 is 19.4 Å².